The molecule has 96 valence electrons. The van der Waals surface area contributed by atoms with Crippen molar-refractivity contribution in [1.29, 1.82) is 0 Å². The summed E-state index contributed by atoms with van der Waals surface area (Å²) >= 11 is 0. The van der Waals surface area contributed by atoms with Crippen molar-refractivity contribution in [2.24, 2.45) is 0 Å². The lowest BCUT2D eigenvalue weighted by Gasteiger charge is -2.23. The zero-order valence-corrected chi connectivity index (χ0v) is 10.1. The molecule has 0 bridgehead atoms. The minimum Gasteiger partial charge on any atom is -0.379 e. The Morgan fingerprint density at radius 1 is 1.33 bits per heavy atom. The van der Waals surface area contributed by atoms with Gasteiger partial charge in [0.05, 0.1) is 5.69 Å². The van der Waals surface area contributed by atoms with Gasteiger partial charge in [0.25, 0.3) is 5.56 Å². The highest BCUT2D eigenvalue weighted by atomic mass is 16.1. The maximum Gasteiger partial charge on any atom is 0.276 e. The molecule has 2 aromatic rings. The summed E-state index contributed by atoms with van der Waals surface area (Å²) in [7, 11) is 0. The van der Waals surface area contributed by atoms with Crippen molar-refractivity contribution in [3.8, 4) is 0 Å². The molecule has 1 saturated carbocycles. The molecule has 0 spiro atoms. The van der Waals surface area contributed by atoms with Crippen molar-refractivity contribution in [2.45, 2.75) is 38.1 Å². The van der Waals surface area contributed by atoms with Gasteiger partial charge in [-0.1, -0.05) is 19.3 Å². The fraction of sp³-hybridized carbons (Fsp3) is 0.500. The van der Waals surface area contributed by atoms with Gasteiger partial charge in [-0.05, 0) is 12.8 Å². The fourth-order valence-corrected chi connectivity index (χ4v) is 2.61. The molecule has 1 aliphatic rings. The number of anilines is 2. The summed E-state index contributed by atoms with van der Waals surface area (Å²) in [4.78, 5) is 21.3. The first kappa shape index (κ1) is 11.1. The Kier molecular flexibility index (Phi) is 2.70. The molecular weight excluding hydrogens is 230 g/mol. The first-order valence-corrected chi connectivity index (χ1v) is 6.37. The van der Waals surface area contributed by atoms with Crippen molar-refractivity contribution in [3.05, 3.63) is 16.6 Å². The second-order valence-electron chi connectivity index (χ2n) is 4.86. The number of rotatable bonds is 2. The van der Waals surface area contributed by atoms with E-state index in [1.54, 1.807) is 6.20 Å². The van der Waals surface area contributed by atoms with Gasteiger partial charge in [0.15, 0.2) is 0 Å². The summed E-state index contributed by atoms with van der Waals surface area (Å²) < 4.78 is 0. The zero-order valence-electron chi connectivity index (χ0n) is 10.1. The number of nitrogens with zero attached hydrogens (tertiary/aromatic N) is 1. The number of hydrogen-bond acceptors (Lipinski definition) is 4. The smallest absolute Gasteiger partial charge is 0.276 e. The van der Waals surface area contributed by atoms with Gasteiger partial charge in [0.2, 0.25) is 5.95 Å². The molecule has 0 aliphatic heterocycles. The molecule has 2 aromatic heterocycles. The Morgan fingerprint density at radius 3 is 2.89 bits per heavy atom. The van der Waals surface area contributed by atoms with Crippen molar-refractivity contribution >= 4 is 22.7 Å². The second-order valence-corrected chi connectivity index (χ2v) is 4.86. The molecule has 2 heterocycles. The zero-order chi connectivity index (χ0) is 12.5. The molecule has 0 amide bonds. The summed E-state index contributed by atoms with van der Waals surface area (Å²) in [6, 6.07) is 0.472. The van der Waals surface area contributed by atoms with Gasteiger partial charge in [-0.25, -0.2) is 4.98 Å². The molecule has 0 radical (unpaired) electrons. The molecule has 18 heavy (non-hydrogen) atoms. The van der Waals surface area contributed by atoms with Crippen molar-refractivity contribution < 1.29 is 0 Å². The molecule has 5 N–H and O–H groups in total. The number of H-pyrrole nitrogens is 2. The van der Waals surface area contributed by atoms with Crippen LogP contribution < -0.4 is 16.6 Å². The lowest BCUT2D eigenvalue weighted by atomic mass is 9.95. The van der Waals surface area contributed by atoms with E-state index in [9.17, 15) is 4.79 Å². The van der Waals surface area contributed by atoms with E-state index in [1.165, 1.54) is 32.1 Å². The van der Waals surface area contributed by atoms with Crippen LogP contribution in [0.3, 0.4) is 0 Å². The molecule has 0 atom stereocenters. The highest BCUT2D eigenvalue weighted by Crippen LogP contribution is 2.25. The Bertz CT molecular complexity index is 608. The number of aromatic nitrogens is 3. The van der Waals surface area contributed by atoms with Gasteiger partial charge in [-0.3, -0.25) is 9.78 Å². The van der Waals surface area contributed by atoms with Crippen LogP contribution in [0, 0.1) is 0 Å². The predicted molar refractivity (Wildman–Crippen MR) is 71.6 cm³/mol. The number of fused-ring (bicyclic) bond motifs is 1. The molecule has 0 saturated heterocycles. The Labute approximate surface area is 104 Å². The van der Waals surface area contributed by atoms with E-state index in [2.05, 4.69) is 20.3 Å². The largest absolute Gasteiger partial charge is 0.379 e. The topological polar surface area (TPSA) is 99.6 Å². The van der Waals surface area contributed by atoms with E-state index in [0.29, 0.717) is 17.1 Å². The third-order valence-electron chi connectivity index (χ3n) is 3.52. The highest BCUT2D eigenvalue weighted by molar-refractivity contribution is 5.88. The Balaban J connectivity index is 1.94. The van der Waals surface area contributed by atoms with Gasteiger partial charge in [0.1, 0.15) is 11.0 Å². The van der Waals surface area contributed by atoms with Crippen LogP contribution in [0.1, 0.15) is 32.1 Å². The minimum absolute atomic E-state index is 0.152. The molecule has 1 aliphatic carbocycles. The van der Waals surface area contributed by atoms with Crippen LogP contribution in [0.5, 0.6) is 0 Å². The number of nitrogens with one attached hydrogen (secondary N) is 3. The maximum atomic E-state index is 11.7. The Hall–Kier alpha value is -1.98. The number of hydrogen-bond donors (Lipinski definition) is 4. The quantitative estimate of drug-likeness (QED) is 0.647. The lowest BCUT2D eigenvalue weighted by molar-refractivity contribution is 0.463. The maximum absolute atomic E-state index is 11.7. The minimum atomic E-state index is -0.228. The van der Waals surface area contributed by atoms with E-state index in [1.807, 2.05) is 0 Å². The molecule has 3 rings (SSSR count). The normalized spacial score (nSPS) is 17.1. The Morgan fingerprint density at radius 2 is 2.11 bits per heavy atom. The van der Waals surface area contributed by atoms with E-state index < -0.39 is 0 Å². The summed E-state index contributed by atoms with van der Waals surface area (Å²) in [5.41, 5.74) is 7.32. The van der Waals surface area contributed by atoms with Crippen molar-refractivity contribution in [3.63, 3.8) is 0 Å². The van der Waals surface area contributed by atoms with Crippen LogP contribution in [-0.2, 0) is 0 Å². The summed E-state index contributed by atoms with van der Waals surface area (Å²) in [5, 5.41) is 3.46. The average molecular weight is 247 g/mol. The van der Waals surface area contributed by atoms with E-state index in [-0.39, 0.29) is 11.5 Å². The van der Waals surface area contributed by atoms with E-state index in [0.717, 1.165) is 5.69 Å². The van der Waals surface area contributed by atoms with Crippen LogP contribution in [-0.4, -0.2) is 21.0 Å². The van der Waals surface area contributed by atoms with Crippen LogP contribution in [0.25, 0.3) is 11.0 Å². The third kappa shape index (κ3) is 1.94. The molecule has 6 heteroatoms. The van der Waals surface area contributed by atoms with Crippen molar-refractivity contribution in [1.82, 2.24) is 15.0 Å². The molecule has 1 fully saturated rings. The number of nitrogens with two attached hydrogens (primary N) is 1. The van der Waals surface area contributed by atoms with E-state index >= 15 is 0 Å². The average Bonchev–Trinajstić information content (AvgIpc) is 2.74. The van der Waals surface area contributed by atoms with E-state index in [4.69, 9.17) is 5.73 Å². The standard InChI is InChI=1S/C12H17N5O/c13-12-16-9-8(6-14-10(9)11(18)17-12)15-7-4-2-1-3-5-7/h6-7,14-15H,1-5H2,(H3,13,16,17,18). The van der Waals surface area contributed by atoms with Crippen molar-refractivity contribution in [2.75, 3.05) is 11.1 Å². The van der Waals surface area contributed by atoms with Crippen LogP contribution in [0.4, 0.5) is 11.6 Å². The molecule has 0 aromatic carbocycles. The van der Waals surface area contributed by atoms with Crippen LogP contribution in [0.15, 0.2) is 11.0 Å². The second kappa shape index (κ2) is 4.36. The molecule has 0 unspecified atom stereocenters. The fourth-order valence-electron chi connectivity index (χ4n) is 2.61. The van der Waals surface area contributed by atoms with Gasteiger partial charge < -0.3 is 16.0 Å². The highest BCUT2D eigenvalue weighted by Gasteiger charge is 2.16. The van der Waals surface area contributed by atoms with Gasteiger partial charge in [0, 0.05) is 12.2 Å². The van der Waals surface area contributed by atoms with Gasteiger partial charge in [-0.2, -0.15) is 0 Å². The first-order valence-electron chi connectivity index (χ1n) is 6.37. The molecule has 6 nitrogen and oxygen atoms in total. The summed E-state index contributed by atoms with van der Waals surface area (Å²) in [5.74, 6) is 0.152. The predicted octanol–water partition coefficient (Wildman–Crippen LogP) is 1.58. The lowest BCUT2D eigenvalue weighted by Crippen LogP contribution is -2.22. The number of nitrogen functional groups attached to an aromatic ring is 1. The van der Waals surface area contributed by atoms with Gasteiger partial charge >= 0.3 is 0 Å². The first-order chi connectivity index (χ1) is 8.74. The summed E-state index contributed by atoms with van der Waals surface area (Å²) in [6.45, 7) is 0. The SMILES string of the molecule is Nc1nc2c(NC3CCCCC3)c[nH]c2c(=O)[nH]1. The number of aromatic amines is 2. The third-order valence-corrected chi connectivity index (χ3v) is 3.52. The monoisotopic (exact) mass is 247 g/mol. The van der Waals surface area contributed by atoms with Crippen LogP contribution in [0.2, 0.25) is 0 Å². The summed E-state index contributed by atoms with van der Waals surface area (Å²) in [6.07, 6.45) is 7.97. The van der Waals surface area contributed by atoms with Crippen LogP contribution >= 0.6 is 0 Å². The molecular formula is C12H17N5O. The van der Waals surface area contributed by atoms with Gasteiger partial charge in [-0.15, -0.1) is 0 Å².